The number of nitrogens with zero attached hydrogens (tertiary/aromatic N) is 4. The third-order valence-electron chi connectivity index (χ3n) is 4.11. The topological polar surface area (TPSA) is 98.7 Å². The molecule has 134 valence electrons. The van der Waals surface area contributed by atoms with Gasteiger partial charge in [0.1, 0.15) is 5.82 Å². The second kappa shape index (κ2) is 6.69. The van der Waals surface area contributed by atoms with Crippen molar-refractivity contribution in [1.29, 1.82) is 0 Å². The number of hydrogen-bond acceptors (Lipinski definition) is 5. The van der Waals surface area contributed by atoms with Crippen molar-refractivity contribution < 1.29 is 4.79 Å². The normalized spacial score (nSPS) is 10.9. The van der Waals surface area contributed by atoms with Gasteiger partial charge in [-0.3, -0.25) is 9.48 Å². The third kappa shape index (κ3) is 3.32. The second-order valence-corrected chi connectivity index (χ2v) is 6.41. The van der Waals surface area contributed by atoms with Crippen LogP contribution >= 0.6 is 11.6 Å². The van der Waals surface area contributed by atoms with Crippen molar-refractivity contribution >= 4 is 40.0 Å². The van der Waals surface area contributed by atoms with Gasteiger partial charge in [0.2, 0.25) is 5.91 Å². The summed E-state index contributed by atoms with van der Waals surface area (Å²) in [6.07, 6.45) is 1.71. The number of benzene rings is 2. The second-order valence-electron chi connectivity index (χ2n) is 5.98. The molecule has 0 saturated heterocycles. The van der Waals surface area contributed by atoms with Gasteiger partial charge in [0, 0.05) is 28.9 Å². The molecule has 0 bridgehead atoms. The zero-order valence-electron chi connectivity index (χ0n) is 14.3. The van der Waals surface area contributed by atoms with E-state index in [0.717, 1.165) is 16.6 Å². The van der Waals surface area contributed by atoms with Crippen molar-refractivity contribution in [2.24, 2.45) is 12.8 Å². The van der Waals surface area contributed by atoms with E-state index in [1.807, 2.05) is 25.2 Å². The van der Waals surface area contributed by atoms with E-state index in [-0.39, 0.29) is 0 Å². The maximum Gasteiger partial charge on any atom is 0.248 e. The number of halogens is 1. The number of carbonyl (C=O) groups is 1. The van der Waals surface area contributed by atoms with Crippen molar-refractivity contribution in [3.05, 3.63) is 65.3 Å². The van der Waals surface area contributed by atoms with E-state index in [9.17, 15) is 4.79 Å². The van der Waals surface area contributed by atoms with E-state index >= 15 is 0 Å². The van der Waals surface area contributed by atoms with Gasteiger partial charge in [-0.15, -0.1) is 0 Å². The van der Waals surface area contributed by atoms with Crippen LogP contribution in [0, 0.1) is 0 Å². The van der Waals surface area contributed by atoms with Crippen LogP contribution in [0.25, 0.3) is 22.4 Å². The zero-order chi connectivity index (χ0) is 19.0. The number of fused-ring (bicyclic) bond motifs is 1. The fourth-order valence-electron chi connectivity index (χ4n) is 2.73. The predicted molar refractivity (Wildman–Crippen MR) is 105 cm³/mol. The average Bonchev–Trinajstić information content (AvgIpc) is 3.03. The lowest BCUT2D eigenvalue weighted by Gasteiger charge is -2.10. The zero-order valence-corrected chi connectivity index (χ0v) is 15.1. The van der Waals surface area contributed by atoms with Crippen LogP contribution in [0.1, 0.15) is 10.4 Å². The van der Waals surface area contributed by atoms with Crippen molar-refractivity contribution in [2.75, 3.05) is 5.32 Å². The lowest BCUT2D eigenvalue weighted by Crippen LogP contribution is -2.10. The average molecular weight is 379 g/mol. The molecule has 0 aliphatic heterocycles. The van der Waals surface area contributed by atoms with Crippen LogP contribution < -0.4 is 11.1 Å². The van der Waals surface area contributed by atoms with Crippen LogP contribution in [0.3, 0.4) is 0 Å². The van der Waals surface area contributed by atoms with Gasteiger partial charge < -0.3 is 11.1 Å². The lowest BCUT2D eigenvalue weighted by atomic mass is 10.2. The van der Waals surface area contributed by atoms with E-state index in [1.165, 1.54) is 0 Å². The van der Waals surface area contributed by atoms with E-state index in [4.69, 9.17) is 17.3 Å². The molecule has 0 aliphatic carbocycles. The molecule has 0 atom stereocenters. The maximum absolute atomic E-state index is 11.2. The number of carbonyl (C=O) groups excluding carboxylic acids is 1. The molecule has 2 heterocycles. The molecule has 0 aliphatic rings. The first kappa shape index (κ1) is 17.0. The minimum atomic E-state index is -0.471. The first-order valence-corrected chi connectivity index (χ1v) is 8.51. The predicted octanol–water partition coefficient (Wildman–Crippen LogP) is 3.53. The molecule has 7 nitrogen and oxygen atoms in total. The molecular formula is C19H15ClN6O. The van der Waals surface area contributed by atoms with Crippen LogP contribution in [-0.4, -0.2) is 25.7 Å². The van der Waals surface area contributed by atoms with Crippen molar-refractivity contribution in [3.63, 3.8) is 0 Å². The number of amides is 1. The van der Waals surface area contributed by atoms with Crippen LogP contribution in [-0.2, 0) is 7.05 Å². The molecule has 0 unspecified atom stereocenters. The summed E-state index contributed by atoms with van der Waals surface area (Å²) in [4.78, 5) is 20.5. The highest BCUT2D eigenvalue weighted by atomic mass is 35.5. The summed E-state index contributed by atoms with van der Waals surface area (Å²) in [5, 5.41) is 8.93. The first-order chi connectivity index (χ1) is 13.0. The number of hydrogen-bond donors (Lipinski definition) is 2. The molecule has 1 amide bonds. The number of nitrogens with two attached hydrogens (primary N) is 1. The molecule has 0 radical (unpaired) electrons. The lowest BCUT2D eigenvalue weighted by molar-refractivity contribution is 0.100. The Kier molecular flexibility index (Phi) is 4.21. The van der Waals surface area contributed by atoms with Crippen molar-refractivity contribution in [1.82, 2.24) is 19.7 Å². The molecule has 2 aromatic heterocycles. The third-order valence-corrected chi connectivity index (χ3v) is 4.34. The minimum Gasteiger partial charge on any atom is -0.366 e. The highest BCUT2D eigenvalue weighted by Crippen LogP contribution is 2.28. The fraction of sp³-hybridized carbons (Fsp3) is 0.0526. The van der Waals surface area contributed by atoms with Crippen LogP contribution in [0.5, 0.6) is 0 Å². The number of primary amides is 1. The molecule has 27 heavy (non-hydrogen) atoms. The quantitative estimate of drug-likeness (QED) is 0.566. The molecule has 3 N–H and O–H groups in total. The van der Waals surface area contributed by atoms with E-state index < -0.39 is 5.91 Å². The molecule has 4 rings (SSSR count). The van der Waals surface area contributed by atoms with E-state index in [2.05, 4.69) is 20.4 Å². The number of rotatable bonds is 4. The number of nitrogens with one attached hydrogen (secondary N) is 1. The van der Waals surface area contributed by atoms with Gasteiger partial charge in [-0.25, -0.2) is 9.97 Å². The van der Waals surface area contributed by atoms with Gasteiger partial charge in [0.25, 0.3) is 0 Å². The smallest absolute Gasteiger partial charge is 0.248 e. The van der Waals surface area contributed by atoms with Crippen molar-refractivity contribution in [2.45, 2.75) is 0 Å². The van der Waals surface area contributed by atoms with Crippen molar-refractivity contribution in [3.8, 4) is 11.4 Å². The molecule has 4 aromatic rings. The largest absolute Gasteiger partial charge is 0.366 e. The first-order valence-electron chi connectivity index (χ1n) is 8.14. The SMILES string of the molecule is Cn1ncc2c(Nc3ccc(C(N)=O)cc3)nc(-c3cccc(Cl)c3)nc21. The Bertz CT molecular complexity index is 1150. The van der Waals surface area contributed by atoms with Gasteiger partial charge in [-0.2, -0.15) is 5.10 Å². The van der Waals surface area contributed by atoms with E-state index in [0.29, 0.717) is 27.9 Å². The summed E-state index contributed by atoms with van der Waals surface area (Å²) in [5.41, 5.74) is 7.99. The van der Waals surface area contributed by atoms with Crippen LogP contribution in [0.15, 0.2) is 54.7 Å². The Balaban J connectivity index is 1.80. The Morgan fingerprint density at radius 1 is 1.15 bits per heavy atom. The molecule has 0 saturated carbocycles. The van der Waals surface area contributed by atoms with E-state index in [1.54, 1.807) is 41.2 Å². The summed E-state index contributed by atoms with van der Waals surface area (Å²) in [6, 6.07) is 14.2. The maximum atomic E-state index is 11.2. The van der Waals surface area contributed by atoms with Gasteiger partial charge in [-0.1, -0.05) is 23.7 Å². The molecule has 0 spiro atoms. The van der Waals surface area contributed by atoms with Gasteiger partial charge in [0.05, 0.1) is 11.6 Å². The molecule has 8 heteroatoms. The highest BCUT2D eigenvalue weighted by molar-refractivity contribution is 6.30. The molecule has 0 fully saturated rings. The summed E-state index contributed by atoms with van der Waals surface area (Å²) in [5.74, 6) is 0.668. The Morgan fingerprint density at radius 2 is 1.93 bits per heavy atom. The van der Waals surface area contributed by atoms with Gasteiger partial charge >= 0.3 is 0 Å². The Hall–Kier alpha value is -3.45. The highest BCUT2D eigenvalue weighted by Gasteiger charge is 2.13. The van der Waals surface area contributed by atoms with Crippen LogP contribution in [0.4, 0.5) is 11.5 Å². The minimum absolute atomic E-state index is 0.439. The summed E-state index contributed by atoms with van der Waals surface area (Å²) in [6.45, 7) is 0. The number of anilines is 2. The molecular weight excluding hydrogens is 364 g/mol. The standard InChI is InChI=1S/C19H15ClN6O/c1-26-19-15(10-22-26)18(23-14-7-5-11(6-8-14)16(21)27)24-17(25-19)12-3-2-4-13(20)9-12/h2-10H,1H3,(H2,21,27)(H,23,24,25). The summed E-state index contributed by atoms with van der Waals surface area (Å²) < 4.78 is 1.69. The summed E-state index contributed by atoms with van der Waals surface area (Å²) >= 11 is 6.11. The van der Waals surface area contributed by atoms with Gasteiger partial charge in [0.15, 0.2) is 11.5 Å². The van der Waals surface area contributed by atoms with Gasteiger partial charge in [-0.05, 0) is 36.4 Å². The number of aromatic nitrogens is 4. The monoisotopic (exact) mass is 378 g/mol. The van der Waals surface area contributed by atoms with Crippen LogP contribution in [0.2, 0.25) is 5.02 Å². The summed E-state index contributed by atoms with van der Waals surface area (Å²) in [7, 11) is 1.82. The molecule has 2 aromatic carbocycles. The fourth-order valence-corrected chi connectivity index (χ4v) is 2.92. The Morgan fingerprint density at radius 3 is 2.63 bits per heavy atom. The number of aryl methyl sites for hydroxylation is 1. The Labute approximate surface area is 159 Å².